The van der Waals surface area contributed by atoms with E-state index in [0.717, 1.165) is 24.9 Å². The first-order valence-corrected chi connectivity index (χ1v) is 12.0. The van der Waals surface area contributed by atoms with E-state index in [-0.39, 0.29) is 0 Å². The van der Waals surface area contributed by atoms with Gasteiger partial charge in [0.25, 0.3) is 0 Å². The lowest BCUT2D eigenvalue weighted by molar-refractivity contribution is -0.193. The first kappa shape index (κ1) is 31.6. The fraction of sp³-hybridized carbons (Fsp3) is 0.600. The molecule has 1 aromatic rings. The highest BCUT2D eigenvalue weighted by Crippen LogP contribution is 2.50. The number of rotatable bonds is 7. The van der Waals surface area contributed by atoms with E-state index >= 15 is 0 Å². The minimum atomic E-state index is -5.08. The number of alkyl halides is 6. The van der Waals surface area contributed by atoms with Crippen LogP contribution >= 0.6 is 0 Å². The van der Waals surface area contributed by atoms with Gasteiger partial charge in [-0.15, -0.1) is 0 Å². The Bertz CT molecular complexity index is 929. The van der Waals surface area contributed by atoms with Crippen molar-refractivity contribution in [3.63, 3.8) is 0 Å². The maximum Gasteiger partial charge on any atom is 0.490 e. The molecule has 4 rings (SSSR count). The van der Waals surface area contributed by atoms with E-state index in [0.29, 0.717) is 18.1 Å². The minimum absolute atomic E-state index is 0.301. The van der Waals surface area contributed by atoms with Crippen molar-refractivity contribution in [1.29, 1.82) is 0 Å². The van der Waals surface area contributed by atoms with Crippen molar-refractivity contribution >= 4 is 18.0 Å². The lowest BCUT2D eigenvalue weighted by Gasteiger charge is -2.59. The Hall–Kier alpha value is -2.64. The third kappa shape index (κ3) is 9.59. The average Bonchev–Trinajstić information content (AvgIpc) is 3.54. The molecule has 7 nitrogen and oxygen atoms in total. The number of carboxylic acid groups (broad SMARTS) is 2. The second-order valence-electron chi connectivity index (χ2n) is 9.74. The SMILES string of the molecule is CC/C(=C\c1ccccc1)[C@@H]1C[C@H]1NC1CC2(C1)CN(CCO)C2.O=C(O)C(F)(F)F.O=C(O)C(F)(F)F. The van der Waals surface area contributed by atoms with Crippen molar-refractivity contribution in [2.24, 2.45) is 11.3 Å². The standard InChI is InChI=1S/C21H30N2O.2C2HF3O2/c1-2-17(10-16-6-4-3-5-7-16)19-11-20(19)22-18-12-21(13-18)14-23(15-21)8-9-24;2*3-2(4,5)1(6)7/h3-7,10,18-20,22,24H,2,8-9,11-15H2,1H3;2*(H,6,7)/b17-10+;;/t19-,20+;;/m0../s1. The molecule has 2 aliphatic carbocycles. The molecule has 3 aliphatic rings. The third-order valence-corrected chi connectivity index (χ3v) is 6.65. The van der Waals surface area contributed by atoms with Gasteiger partial charge in [-0.05, 0) is 42.6 Å². The summed E-state index contributed by atoms with van der Waals surface area (Å²) in [5.41, 5.74) is 3.52. The number of benzene rings is 1. The molecule has 4 N–H and O–H groups in total. The summed E-state index contributed by atoms with van der Waals surface area (Å²) in [5, 5.41) is 27.1. The quantitative estimate of drug-likeness (QED) is 0.375. The van der Waals surface area contributed by atoms with Gasteiger partial charge in [-0.3, -0.25) is 4.90 Å². The molecule has 0 bridgehead atoms. The topological polar surface area (TPSA) is 110 Å². The Kier molecular flexibility index (Phi) is 10.8. The van der Waals surface area contributed by atoms with Crippen LogP contribution in [-0.4, -0.2) is 82.8 Å². The minimum Gasteiger partial charge on any atom is -0.475 e. The third-order valence-electron chi connectivity index (χ3n) is 6.65. The second kappa shape index (κ2) is 12.9. The molecule has 2 saturated carbocycles. The van der Waals surface area contributed by atoms with Gasteiger partial charge in [0, 0.05) is 31.7 Å². The van der Waals surface area contributed by atoms with Crippen LogP contribution in [0.5, 0.6) is 0 Å². The first-order chi connectivity index (χ1) is 17.6. The van der Waals surface area contributed by atoms with Gasteiger partial charge in [0.15, 0.2) is 0 Å². The summed E-state index contributed by atoms with van der Waals surface area (Å²) in [7, 11) is 0. The maximum absolute atomic E-state index is 10.6. The fourth-order valence-electron chi connectivity index (χ4n) is 4.89. The molecule has 1 saturated heterocycles. The summed E-state index contributed by atoms with van der Waals surface area (Å²) in [4.78, 5) is 20.2. The molecular weight excluding hydrogens is 522 g/mol. The van der Waals surface area contributed by atoms with Gasteiger partial charge < -0.3 is 20.6 Å². The first-order valence-electron chi connectivity index (χ1n) is 12.0. The number of aliphatic carboxylic acids is 2. The molecule has 38 heavy (non-hydrogen) atoms. The zero-order valence-corrected chi connectivity index (χ0v) is 20.7. The second-order valence-corrected chi connectivity index (χ2v) is 9.74. The highest BCUT2D eigenvalue weighted by Gasteiger charge is 2.53. The van der Waals surface area contributed by atoms with Gasteiger partial charge in [-0.1, -0.05) is 48.9 Å². The molecule has 0 unspecified atom stereocenters. The monoisotopic (exact) mass is 554 g/mol. The van der Waals surface area contributed by atoms with E-state index in [9.17, 15) is 26.3 Å². The molecule has 1 spiro atoms. The van der Waals surface area contributed by atoms with Crippen LogP contribution < -0.4 is 5.32 Å². The van der Waals surface area contributed by atoms with Crippen molar-refractivity contribution in [3.05, 3.63) is 41.5 Å². The van der Waals surface area contributed by atoms with E-state index < -0.39 is 24.3 Å². The number of halogens is 6. The number of aliphatic hydroxyl groups excluding tert-OH is 1. The summed E-state index contributed by atoms with van der Waals surface area (Å²) in [6, 6.07) is 12.2. The lowest BCUT2D eigenvalue weighted by Crippen LogP contribution is -2.66. The number of likely N-dealkylation sites (tertiary alicyclic amines) is 1. The molecule has 214 valence electrons. The Balaban J connectivity index is 0.000000301. The van der Waals surface area contributed by atoms with Gasteiger partial charge in [0.05, 0.1) is 6.61 Å². The molecule has 1 aliphatic heterocycles. The number of carbonyl (C=O) groups is 2. The van der Waals surface area contributed by atoms with Crippen LogP contribution in [0.2, 0.25) is 0 Å². The van der Waals surface area contributed by atoms with E-state index in [1.165, 1.54) is 37.9 Å². The number of β-amino-alcohol motifs (C(OH)–C–C–N with tert-alkyl or cyclic N) is 1. The number of nitrogens with one attached hydrogen (secondary N) is 1. The summed E-state index contributed by atoms with van der Waals surface area (Å²) in [6.45, 7) is 5.85. The Labute approximate surface area is 216 Å². The zero-order valence-electron chi connectivity index (χ0n) is 20.7. The zero-order chi connectivity index (χ0) is 28.7. The molecule has 2 atom stereocenters. The Morgan fingerprint density at radius 1 is 1.03 bits per heavy atom. The number of aliphatic hydroxyl groups is 1. The summed E-state index contributed by atoms with van der Waals surface area (Å²) in [6.07, 6.45) is -2.63. The van der Waals surface area contributed by atoms with Crippen molar-refractivity contribution in [2.75, 3.05) is 26.2 Å². The van der Waals surface area contributed by atoms with Crippen molar-refractivity contribution in [2.45, 2.75) is 57.0 Å². The van der Waals surface area contributed by atoms with Crippen molar-refractivity contribution in [1.82, 2.24) is 10.2 Å². The van der Waals surface area contributed by atoms with Gasteiger partial charge in [0.2, 0.25) is 0 Å². The molecule has 0 amide bonds. The normalized spacial score (nSPS) is 22.7. The molecule has 1 aromatic carbocycles. The van der Waals surface area contributed by atoms with Crippen LogP contribution in [0.15, 0.2) is 35.9 Å². The van der Waals surface area contributed by atoms with Gasteiger partial charge >= 0.3 is 24.3 Å². The number of hydrogen-bond acceptors (Lipinski definition) is 5. The van der Waals surface area contributed by atoms with Crippen LogP contribution in [0.4, 0.5) is 26.3 Å². The van der Waals surface area contributed by atoms with Gasteiger partial charge in [-0.25, -0.2) is 9.59 Å². The van der Waals surface area contributed by atoms with E-state index in [1.54, 1.807) is 5.57 Å². The smallest absolute Gasteiger partial charge is 0.475 e. The summed E-state index contributed by atoms with van der Waals surface area (Å²) < 4.78 is 63.5. The van der Waals surface area contributed by atoms with Crippen molar-refractivity contribution < 1.29 is 51.3 Å². The number of hydrogen-bond donors (Lipinski definition) is 4. The van der Waals surface area contributed by atoms with Crippen LogP contribution in [0, 0.1) is 11.3 Å². The highest BCUT2D eigenvalue weighted by atomic mass is 19.4. The predicted molar refractivity (Wildman–Crippen MR) is 126 cm³/mol. The Morgan fingerprint density at radius 3 is 1.95 bits per heavy atom. The maximum atomic E-state index is 10.6. The van der Waals surface area contributed by atoms with Crippen LogP contribution in [0.3, 0.4) is 0 Å². The average molecular weight is 555 g/mol. The van der Waals surface area contributed by atoms with E-state index in [4.69, 9.17) is 24.9 Å². The predicted octanol–water partition coefficient (Wildman–Crippen LogP) is 4.18. The van der Waals surface area contributed by atoms with E-state index in [2.05, 4.69) is 53.5 Å². The van der Waals surface area contributed by atoms with Crippen LogP contribution in [-0.2, 0) is 9.59 Å². The molecular formula is C25H32F6N2O5. The largest absolute Gasteiger partial charge is 0.490 e. The molecule has 3 fully saturated rings. The fourth-order valence-corrected chi connectivity index (χ4v) is 4.89. The summed E-state index contributed by atoms with van der Waals surface area (Å²) >= 11 is 0. The molecule has 1 heterocycles. The Morgan fingerprint density at radius 2 is 1.53 bits per heavy atom. The van der Waals surface area contributed by atoms with Gasteiger partial charge in [-0.2, -0.15) is 26.3 Å². The number of carboxylic acids is 2. The summed E-state index contributed by atoms with van der Waals surface area (Å²) in [5.74, 6) is -4.76. The van der Waals surface area contributed by atoms with Crippen molar-refractivity contribution in [3.8, 4) is 0 Å². The molecule has 0 radical (unpaired) electrons. The lowest BCUT2D eigenvalue weighted by atomic mass is 9.60. The molecule has 13 heteroatoms. The van der Waals surface area contributed by atoms with E-state index in [1.807, 2.05) is 0 Å². The van der Waals surface area contributed by atoms with Crippen LogP contribution in [0.25, 0.3) is 6.08 Å². The molecule has 0 aromatic heterocycles. The highest BCUT2D eigenvalue weighted by molar-refractivity contribution is 5.73. The number of nitrogens with zero attached hydrogens (tertiary/aromatic N) is 1. The van der Waals surface area contributed by atoms with Gasteiger partial charge in [0.1, 0.15) is 0 Å². The van der Waals surface area contributed by atoms with Crippen LogP contribution in [0.1, 0.15) is 38.2 Å².